The third-order valence-corrected chi connectivity index (χ3v) is 2.40. The molecule has 11 heavy (non-hydrogen) atoms. The topological polar surface area (TPSA) is 0 Å². The van der Waals surface area contributed by atoms with Crippen LogP contribution in [0.4, 0.5) is 0 Å². The van der Waals surface area contributed by atoms with Gasteiger partial charge in [0.15, 0.2) is 0 Å². The Morgan fingerprint density at radius 1 is 1.36 bits per heavy atom. The van der Waals surface area contributed by atoms with Crippen LogP contribution in [0.1, 0.15) is 46.5 Å². The van der Waals surface area contributed by atoms with E-state index in [9.17, 15) is 0 Å². The summed E-state index contributed by atoms with van der Waals surface area (Å²) in [7, 11) is 0. The van der Waals surface area contributed by atoms with Crippen molar-refractivity contribution in [3.8, 4) is 0 Å². The molecule has 0 saturated heterocycles. The summed E-state index contributed by atoms with van der Waals surface area (Å²) in [5.74, 6) is 0. The van der Waals surface area contributed by atoms with Crippen molar-refractivity contribution in [2.45, 2.75) is 46.5 Å². The van der Waals surface area contributed by atoms with E-state index in [0.29, 0.717) is 0 Å². The highest BCUT2D eigenvalue weighted by molar-refractivity contribution is 5.26. The van der Waals surface area contributed by atoms with Gasteiger partial charge in [-0.15, -0.1) is 0 Å². The molecule has 1 aliphatic carbocycles. The first-order valence-corrected chi connectivity index (χ1v) is 4.57. The summed E-state index contributed by atoms with van der Waals surface area (Å²) in [6, 6.07) is 0. The second-order valence-electron chi connectivity index (χ2n) is 3.57. The third kappa shape index (κ3) is 2.21. The van der Waals surface area contributed by atoms with E-state index in [0.717, 1.165) is 0 Å². The molecule has 0 nitrogen and oxygen atoms in total. The molecular formula is C11H18. The minimum atomic E-state index is 1.21. The van der Waals surface area contributed by atoms with Gasteiger partial charge in [0, 0.05) is 0 Å². The molecule has 0 radical (unpaired) electrons. The lowest BCUT2D eigenvalue weighted by molar-refractivity contribution is 0.831. The maximum absolute atomic E-state index is 2.37. The van der Waals surface area contributed by atoms with Crippen LogP contribution in [-0.2, 0) is 0 Å². The van der Waals surface area contributed by atoms with Gasteiger partial charge >= 0.3 is 0 Å². The van der Waals surface area contributed by atoms with Crippen LogP contribution in [0.15, 0.2) is 22.8 Å². The second kappa shape index (κ2) is 3.75. The molecule has 0 spiro atoms. The highest BCUT2D eigenvalue weighted by Gasteiger charge is 2.06. The smallest absolute Gasteiger partial charge is 0.0111 e. The van der Waals surface area contributed by atoms with Crippen LogP contribution in [0.2, 0.25) is 0 Å². The van der Waals surface area contributed by atoms with Gasteiger partial charge in [0.25, 0.3) is 0 Å². The zero-order valence-corrected chi connectivity index (χ0v) is 7.91. The van der Waals surface area contributed by atoms with Gasteiger partial charge in [0.2, 0.25) is 0 Å². The number of hydrogen-bond acceptors (Lipinski definition) is 0. The van der Waals surface area contributed by atoms with Crippen molar-refractivity contribution in [3.63, 3.8) is 0 Å². The standard InChI is InChI=1S/C11H18/c1-4-5-11-7-6-9(2)8-10(11)3/h6H,4-5,7-8H2,1-3H3. The van der Waals surface area contributed by atoms with Crippen molar-refractivity contribution in [2.75, 3.05) is 0 Å². The summed E-state index contributed by atoms with van der Waals surface area (Å²) < 4.78 is 0. The lowest BCUT2D eigenvalue weighted by Gasteiger charge is -2.15. The number of rotatable bonds is 2. The van der Waals surface area contributed by atoms with Crippen LogP contribution in [-0.4, -0.2) is 0 Å². The van der Waals surface area contributed by atoms with Crippen LogP contribution in [0.25, 0.3) is 0 Å². The fourth-order valence-electron chi connectivity index (χ4n) is 1.70. The van der Waals surface area contributed by atoms with E-state index >= 15 is 0 Å². The Morgan fingerprint density at radius 2 is 2.09 bits per heavy atom. The molecule has 0 fully saturated rings. The highest BCUT2D eigenvalue weighted by Crippen LogP contribution is 2.26. The summed E-state index contributed by atoms with van der Waals surface area (Å²) in [5, 5.41) is 0. The molecule has 0 aliphatic heterocycles. The van der Waals surface area contributed by atoms with Crippen LogP contribution >= 0.6 is 0 Å². The zero-order chi connectivity index (χ0) is 8.27. The molecule has 1 rings (SSSR count). The van der Waals surface area contributed by atoms with Crippen molar-refractivity contribution >= 4 is 0 Å². The number of allylic oxidation sites excluding steroid dienone is 4. The lowest BCUT2D eigenvalue weighted by Crippen LogP contribution is -1.95. The fourth-order valence-corrected chi connectivity index (χ4v) is 1.70. The maximum atomic E-state index is 2.37. The van der Waals surface area contributed by atoms with Crippen LogP contribution < -0.4 is 0 Å². The van der Waals surface area contributed by atoms with E-state index in [1.807, 2.05) is 0 Å². The predicted octanol–water partition coefficient (Wildman–Crippen LogP) is 3.84. The van der Waals surface area contributed by atoms with E-state index in [-0.39, 0.29) is 0 Å². The molecule has 0 aromatic heterocycles. The van der Waals surface area contributed by atoms with E-state index in [4.69, 9.17) is 0 Å². The highest BCUT2D eigenvalue weighted by atomic mass is 14.1. The molecule has 0 N–H and O–H groups in total. The average Bonchev–Trinajstić information content (AvgIpc) is 1.95. The van der Waals surface area contributed by atoms with Gasteiger partial charge in [-0.25, -0.2) is 0 Å². The molecule has 62 valence electrons. The maximum Gasteiger partial charge on any atom is -0.0111 e. The summed E-state index contributed by atoms with van der Waals surface area (Å²) >= 11 is 0. The Bertz CT molecular complexity index is 194. The van der Waals surface area contributed by atoms with E-state index in [2.05, 4.69) is 26.8 Å². The molecule has 0 bridgehead atoms. The normalized spacial score (nSPS) is 18.6. The molecule has 0 unspecified atom stereocenters. The monoisotopic (exact) mass is 150 g/mol. The van der Waals surface area contributed by atoms with Gasteiger partial charge < -0.3 is 0 Å². The predicted molar refractivity (Wildman–Crippen MR) is 50.6 cm³/mol. The molecule has 1 aliphatic rings. The van der Waals surface area contributed by atoms with Crippen LogP contribution in [0.5, 0.6) is 0 Å². The van der Waals surface area contributed by atoms with Gasteiger partial charge in [-0.2, -0.15) is 0 Å². The Kier molecular flexibility index (Phi) is 2.92. The molecule has 0 heteroatoms. The first kappa shape index (κ1) is 8.58. The molecule has 0 aromatic rings. The molecule has 0 atom stereocenters. The SMILES string of the molecule is CCCC1=C(C)CC(C)=CC1. The van der Waals surface area contributed by atoms with Crippen molar-refractivity contribution in [1.29, 1.82) is 0 Å². The van der Waals surface area contributed by atoms with E-state index in [1.54, 1.807) is 16.7 Å². The van der Waals surface area contributed by atoms with Crippen LogP contribution in [0, 0.1) is 0 Å². The Morgan fingerprint density at radius 3 is 2.64 bits per heavy atom. The average molecular weight is 150 g/mol. The van der Waals surface area contributed by atoms with Crippen molar-refractivity contribution < 1.29 is 0 Å². The van der Waals surface area contributed by atoms with Gasteiger partial charge in [-0.3, -0.25) is 0 Å². The van der Waals surface area contributed by atoms with Crippen molar-refractivity contribution in [2.24, 2.45) is 0 Å². The summed E-state index contributed by atoms with van der Waals surface area (Å²) in [4.78, 5) is 0. The Balaban J connectivity index is 2.59. The summed E-state index contributed by atoms with van der Waals surface area (Å²) in [6.07, 6.45) is 7.40. The molecule has 0 heterocycles. The lowest BCUT2D eigenvalue weighted by atomic mass is 9.91. The van der Waals surface area contributed by atoms with Crippen molar-refractivity contribution in [3.05, 3.63) is 22.8 Å². The second-order valence-corrected chi connectivity index (χ2v) is 3.57. The fraction of sp³-hybridized carbons (Fsp3) is 0.636. The minimum Gasteiger partial charge on any atom is -0.0812 e. The first-order chi connectivity index (χ1) is 5.24. The van der Waals surface area contributed by atoms with Gasteiger partial charge in [-0.05, 0) is 33.1 Å². The quantitative estimate of drug-likeness (QED) is 0.524. The molecule has 0 aromatic carbocycles. The zero-order valence-electron chi connectivity index (χ0n) is 7.91. The van der Waals surface area contributed by atoms with E-state index in [1.165, 1.54) is 25.7 Å². The largest absolute Gasteiger partial charge is 0.0812 e. The molecule has 0 amide bonds. The third-order valence-electron chi connectivity index (χ3n) is 2.40. The summed E-state index contributed by atoms with van der Waals surface area (Å²) in [5.41, 5.74) is 4.84. The minimum absolute atomic E-state index is 1.21. The Hall–Kier alpha value is -0.520. The van der Waals surface area contributed by atoms with Gasteiger partial charge in [0.1, 0.15) is 0 Å². The number of hydrogen-bond donors (Lipinski definition) is 0. The van der Waals surface area contributed by atoms with E-state index < -0.39 is 0 Å². The van der Waals surface area contributed by atoms with Crippen molar-refractivity contribution in [1.82, 2.24) is 0 Å². The first-order valence-electron chi connectivity index (χ1n) is 4.57. The summed E-state index contributed by atoms with van der Waals surface area (Å²) in [6.45, 7) is 6.76. The van der Waals surface area contributed by atoms with Crippen LogP contribution in [0.3, 0.4) is 0 Å². The van der Waals surface area contributed by atoms with Gasteiger partial charge in [0.05, 0.1) is 0 Å². The molecular weight excluding hydrogens is 132 g/mol. The Labute approximate surface area is 70.0 Å². The molecule has 0 saturated carbocycles. The van der Waals surface area contributed by atoms with Gasteiger partial charge in [-0.1, -0.05) is 36.1 Å².